The molecule has 1 fully saturated rings. The first-order valence-corrected chi connectivity index (χ1v) is 11.3. The van der Waals surface area contributed by atoms with Crippen LogP contribution in [0.25, 0.3) is 11.3 Å². The smallest absolute Gasteiger partial charge is 0.219 e. The van der Waals surface area contributed by atoms with Gasteiger partial charge in [-0.3, -0.25) is 0 Å². The quantitative estimate of drug-likeness (QED) is 0.464. The van der Waals surface area contributed by atoms with Crippen molar-refractivity contribution in [3.63, 3.8) is 0 Å². The van der Waals surface area contributed by atoms with Crippen molar-refractivity contribution in [3.8, 4) is 11.6 Å². The van der Waals surface area contributed by atoms with Crippen LogP contribution in [0.5, 0.6) is 5.88 Å². The van der Waals surface area contributed by atoms with Crippen LogP contribution in [0.15, 0.2) is 55.0 Å². The van der Waals surface area contributed by atoms with Crippen molar-refractivity contribution in [2.75, 3.05) is 18.4 Å². The summed E-state index contributed by atoms with van der Waals surface area (Å²) in [4.78, 5) is 4.82. The molecule has 4 heterocycles. The van der Waals surface area contributed by atoms with E-state index in [9.17, 15) is 0 Å². The van der Waals surface area contributed by atoms with E-state index in [0.717, 1.165) is 54.2 Å². The number of rotatable bonds is 7. The Morgan fingerprint density at radius 1 is 1.22 bits per heavy atom. The Balaban J connectivity index is 1.46. The minimum atomic E-state index is 0.137. The number of piperidine rings is 1. The summed E-state index contributed by atoms with van der Waals surface area (Å²) in [5.74, 6) is 1.81. The standard InChI is InChI=1S/C24H29N7O/c1-17(2)20-16-28-31-22(13-23(29-24(20)31)32-19-8-5-10-25-15-19)26-14-18-7-3-4-9-21(18)30-12-6-11-27-30/h3-4,6-7,9,11-13,16-17,19,25-26H,5,8,10,14-15H2,1-2H3/t19-/m1/s1. The maximum absolute atomic E-state index is 6.27. The van der Waals surface area contributed by atoms with Gasteiger partial charge in [-0.2, -0.15) is 19.7 Å². The largest absolute Gasteiger partial charge is 0.473 e. The fourth-order valence-electron chi connectivity index (χ4n) is 4.12. The molecule has 3 aromatic heterocycles. The summed E-state index contributed by atoms with van der Waals surface area (Å²) in [6.45, 7) is 6.84. The fourth-order valence-corrected chi connectivity index (χ4v) is 4.12. The van der Waals surface area contributed by atoms with E-state index in [1.807, 2.05) is 45.9 Å². The van der Waals surface area contributed by atoms with Gasteiger partial charge in [-0.1, -0.05) is 32.0 Å². The summed E-state index contributed by atoms with van der Waals surface area (Å²) in [6, 6.07) is 12.1. The zero-order valence-corrected chi connectivity index (χ0v) is 18.5. The molecule has 0 spiro atoms. The Bertz CT molecular complexity index is 1180. The van der Waals surface area contributed by atoms with Crippen LogP contribution in [-0.2, 0) is 6.54 Å². The lowest BCUT2D eigenvalue weighted by Gasteiger charge is -2.23. The average Bonchev–Trinajstić information content (AvgIpc) is 3.49. The number of anilines is 1. The van der Waals surface area contributed by atoms with E-state index in [2.05, 4.69) is 46.8 Å². The molecule has 0 aliphatic carbocycles. The third-order valence-corrected chi connectivity index (χ3v) is 5.84. The molecule has 8 heteroatoms. The van der Waals surface area contributed by atoms with Crippen molar-refractivity contribution in [3.05, 3.63) is 66.1 Å². The molecule has 1 aliphatic rings. The summed E-state index contributed by atoms with van der Waals surface area (Å²) < 4.78 is 10.0. The fraction of sp³-hybridized carbons (Fsp3) is 0.375. The second-order valence-corrected chi connectivity index (χ2v) is 8.49. The molecule has 2 N–H and O–H groups in total. The molecular formula is C24H29N7O. The molecule has 0 radical (unpaired) electrons. The molecule has 4 aromatic rings. The van der Waals surface area contributed by atoms with Gasteiger partial charge in [0.15, 0.2) is 5.65 Å². The van der Waals surface area contributed by atoms with Crippen molar-refractivity contribution in [1.82, 2.24) is 29.7 Å². The number of nitrogens with zero attached hydrogens (tertiary/aromatic N) is 5. The van der Waals surface area contributed by atoms with Crippen LogP contribution in [0.4, 0.5) is 5.82 Å². The highest BCUT2D eigenvalue weighted by molar-refractivity contribution is 5.57. The lowest BCUT2D eigenvalue weighted by atomic mass is 10.1. The maximum atomic E-state index is 6.27. The summed E-state index contributed by atoms with van der Waals surface area (Å²) in [7, 11) is 0. The Morgan fingerprint density at radius 3 is 2.91 bits per heavy atom. The van der Waals surface area contributed by atoms with Crippen LogP contribution in [0.2, 0.25) is 0 Å². The lowest BCUT2D eigenvalue weighted by Crippen LogP contribution is -2.37. The topological polar surface area (TPSA) is 81.3 Å². The molecule has 0 saturated carbocycles. The molecule has 1 atom stereocenters. The lowest BCUT2D eigenvalue weighted by molar-refractivity contribution is 0.161. The molecule has 1 aliphatic heterocycles. The van der Waals surface area contributed by atoms with Crippen molar-refractivity contribution in [1.29, 1.82) is 0 Å². The number of hydrogen-bond acceptors (Lipinski definition) is 6. The zero-order chi connectivity index (χ0) is 21.9. The molecule has 166 valence electrons. The van der Waals surface area contributed by atoms with Gasteiger partial charge >= 0.3 is 0 Å². The second kappa shape index (κ2) is 9.00. The highest BCUT2D eigenvalue weighted by Gasteiger charge is 2.19. The van der Waals surface area contributed by atoms with Gasteiger partial charge in [0.05, 0.1) is 11.9 Å². The normalized spacial score (nSPS) is 16.5. The first-order valence-electron chi connectivity index (χ1n) is 11.3. The van der Waals surface area contributed by atoms with Crippen LogP contribution in [-0.4, -0.2) is 43.6 Å². The summed E-state index contributed by atoms with van der Waals surface area (Å²) in [5.41, 5.74) is 4.13. The number of fused-ring (bicyclic) bond motifs is 1. The molecule has 8 nitrogen and oxygen atoms in total. The van der Waals surface area contributed by atoms with Crippen LogP contribution in [0, 0.1) is 0 Å². The Labute approximate surface area is 187 Å². The molecule has 1 aromatic carbocycles. The molecule has 5 rings (SSSR count). The van der Waals surface area contributed by atoms with Crippen molar-refractivity contribution in [2.45, 2.75) is 45.3 Å². The summed E-state index contributed by atoms with van der Waals surface area (Å²) in [5, 5.41) is 16.0. The van der Waals surface area contributed by atoms with Gasteiger partial charge in [0.25, 0.3) is 0 Å². The van der Waals surface area contributed by atoms with E-state index in [0.29, 0.717) is 18.3 Å². The van der Waals surface area contributed by atoms with Crippen LogP contribution >= 0.6 is 0 Å². The predicted octanol–water partition coefficient (Wildman–Crippen LogP) is 3.78. The highest BCUT2D eigenvalue weighted by atomic mass is 16.5. The van der Waals surface area contributed by atoms with Gasteiger partial charge in [-0.05, 0) is 43.0 Å². The summed E-state index contributed by atoms with van der Waals surface area (Å²) >= 11 is 0. The van der Waals surface area contributed by atoms with E-state index in [-0.39, 0.29) is 6.10 Å². The Hall–Kier alpha value is -3.39. The van der Waals surface area contributed by atoms with Gasteiger partial charge in [0.2, 0.25) is 5.88 Å². The zero-order valence-electron chi connectivity index (χ0n) is 18.5. The molecule has 0 bridgehead atoms. The van der Waals surface area contributed by atoms with Gasteiger partial charge in [-0.25, -0.2) is 4.68 Å². The van der Waals surface area contributed by atoms with E-state index in [1.54, 1.807) is 6.20 Å². The first kappa shape index (κ1) is 20.5. The average molecular weight is 432 g/mol. The van der Waals surface area contributed by atoms with E-state index < -0.39 is 0 Å². The van der Waals surface area contributed by atoms with Crippen molar-refractivity contribution < 1.29 is 4.74 Å². The van der Waals surface area contributed by atoms with E-state index >= 15 is 0 Å². The number of nitrogens with one attached hydrogen (secondary N) is 2. The van der Waals surface area contributed by atoms with Gasteiger partial charge in [0, 0.05) is 37.1 Å². The summed E-state index contributed by atoms with van der Waals surface area (Å²) in [6.07, 6.45) is 7.94. The van der Waals surface area contributed by atoms with Crippen molar-refractivity contribution in [2.24, 2.45) is 0 Å². The third kappa shape index (κ3) is 4.18. The SMILES string of the molecule is CC(C)c1cnn2c(NCc3ccccc3-n3cccn3)cc(O[C@@H]3CCCNC3)nc12. The Morgan fingerprint density at radius 2 is 2.12 bits per heavy atom. The van der Waals surface area contributed by atoms with Gasteiger partial charge in [0.1, 0.15) is 11.9 Å². The number of para-hydroxylation sites is 1. The molecule has 0 unspecified atom stereocenters. The molecule has 32 heavy (non-hydrogen) atoms. The highest BCUT2D eigenvalue weighted by Crippen LogP contribution is 2.26. The van der Waals surface area contributed by atoms with Gasteiger partial charge in [-0.15, -0.1) is 0 Å². The number of aromatic nitrogens is 5. The minimum absolute atomic E-state index is 0.137. The van der Waals surface area contributed by atoms with Crippen molar-refractivity contribution >= 4 is 11.5 Å². The molecular weight excluding hydrogens is 402 g/mol. The molecule has 0 amide bonds. The number of hydrogen-bond donors (Lipinski definition) is 2. The minimum Gasteiger partial charge on any atom is -0.473 e. The van der Waals surface area contributed by atoms with E-state index in [1.165, 1.54) is 0 Å². The molecule has 1 saturated heterocycles. The maximum Gasteiger partial charge on any atom is 0.219 e. The monoisotopic (exact) mass is 431 g/mol. The first-order chi connectivity index (χ1) is 15.7. The van der Waals surface area contributed by atoms with Crippen LogP contribution in [0.3, 0.4) is 0 Å². The third-order valence-electron chi connectivity index (χ3n) is 5.84. The van der Waals surface area contributed by atoms with Gasteiger partial charge < -0.3 is 15.4 Å². The van der Waals surface area contributed by atoms with Crippen LogP contribution < -0.4 is 15.4 Å². The Kier molecular flexibility index (Phi) is 5.77. The number of ether oxygens (including phenoxy) is 1. The van der Waals surface area contributed by atoms with Crippen LogP contribution in [0.1, 0.15) is 43.7 Å². The predicted molar refractivity (Wildman–Crippen MR) is 124 cm³/mol. The van der Waals surface area contributed by atoms with E-state index in [4.69, 9.17) is 9.72 Å². The number of benzene rings is 1. The second-order valence-electron chi connectivity index (χ2n) is 8.49.